The van der Waals surface area contributed by atoms with Crippen molar-refractivity contribution in [3.8, 4) is 0 Å². The van der Waals surface area contributed by atoms with Gasteiger partial charge in [0, 0.05) is 0 Å². The number of aliphatic hydroxyl groups is 1. The zero-order valence-corrected chi connectivity index (χ0v) is 6.32. The molecule has 1 N–H and O–H groups in total. The van der Waals surface area contributed by atoms with Crippen LogP contribution in [0.5, 0.6) is 0 Å². The molecular weight excluding hydrogens is 119 g/mol. The molecule has 0 radical (unpaired) electrons. The summed E-state index contributed by atoms with van der Waals surface area (Å²) in [7, 11) is 0. The molecule has 0 spiro atoms. The molecule has 0 rings (SSSR count). The van der Waals surface area contributed by atoms with Crippen LogP contribution in [0, 0.1) is 0 Å². The largest absolute Gasteiger partial charge is 0.393 e. The summed E-state index contributed by atoms with van der Waals surface area (Å²) in [5.41, 5.74) is -1.13. The first-order valence-corrected chi connectivity index (χ1v) is 3.29. The Morgan fingerprint density at radius 1 is 1.56 bits per heavy atom. The molecule has 0 aromatic rings. The molecule has 0 aliphatic rings. The van der Waals surface area contributed by atoms with Crippen LogP contribution in [0.1, 0.15) is 33.6 Å². The van der Waals surface area contributed by atoms with Crippen molar-refractivity contribution in [3.05, 3.63) is 0 Å². The second kappa shape index (κ2) is 3.16. The highest BCUT2D eigenvalue weighted by molar-refractivity contribution is 4.66. The van der Waals surface area contributed by atoms with Crippen LogP contribution < -0.4 is 0 Å². The van der Waals surface area contributed by atoms with E-state index in [1.54, 1.807) is 6.92 Å². The molecule has 0 unspecified atom stereocenters. The summed E-state index contributed by atoms with van der Waals surface area (Å²) in [6.45, 7) is 4.72. The van der Waals surface area contributed by atoms with E-state index < -0.39 is 5.67 Å². The second-order valence-corrected chi connectivity index (χ2v) is 3.11. The summed E-state index contributed by atoms with van der Waals surface area (Å²) in [6.07, 6.45) is 0.605. The molecule has 0 aliphatic carbocycles. The standard InChI is InChI=1S/C7H15FO/c1-6(9)4-5-7(2,3)8/h6,9H,4-5H2,1-3H3/t6-/m1/s1. The first-order chi connectivity index (χ1) is 3.92. The van der Waals surface area contributed by atoms with E-state index in [0.717, 1.165) is 0 Å². The van der Waals surface area contributed by atoms with Crippen molar-refractivity contribution < 1.29 is 9.50 Å². The number of rotatable bonds is 3. The first kappa shape index (κ1) is 8.89. The van der Waals surface area contributed by atoms with Gasteiger partial charge >= 0.3 is 0 Å². The Bertz CT molecular complexity index is 73.5. The highest BCUT2D eigenvalue weighted by Crippen LogP contribution is 2.16. The lowest BCUT2D eigenvalue weighted by Gasteiger charge is -2.14. The van der Waals surface area contributed by atoms with Gasteiger partial charge in [0.15, 0.2) is 0 Å². The maximum absolute atomic E-state index is 12.6. The minimum Gasteiger partial charge on any atom is -0.393 e. The SMILES string of the molecule is C[C@@H](O)CCC(C)(C)F. The van der Waals surface area contributed by atoms with Gasteiger partial charge in [-0.1, -0.05) is 0 Å². The molecule has 0 heterocycles. The van der Waals surface area contributed by atoms with E-state index in [9.17, 15) is 4.39 Å². The smallest absolute Gasteiger partial charge is 0.105 e. The monoisotopic (exact) mass is 134 g/mol. The second-order valence-electron chi connectivity index (χ2n) is 3.11. The van der Waals surface area contributed by atoms with E-state index in [-0.39, 0.29) is 6.10 Å². The van der Waals surface area contributed by atoms with Crippen LogP contribution >= 0.6 is 0 Å². The lowest BCUT2D eigenvalue weighted by molar-refractivity contribution is 0.133. The first-order valence-electron chi connectivity index (χ1n) is 3.29. The minimum absolute atomic E-state index is 0.375. The molecular formula is C7H15FO. The van der Waals surface area contributed by atoms with Crippen LogP contribution in [0.2, 0.25) is 0 Å². The van der Waals surface area contributed by atoms with Crippen molar-refractivity contribution in [3.63, 3.8) is 0 Å². The van der Waals surface area contributed by atoms with Crippen LogP contribution in [-0.4, -0.2) is 16.9 Å². The third-order valence-electron chi connectivity index (χ3n) is 1.16. The zero-order valence-electron chi connectivity index (χ0n) is 6.32. The maximum Gasteiger partial charge on any atom is 0.105 e. The van der Waals surface area contributed by atoms with Gasteiger partial charge in [0.05, 0.1) is 6.10 Å². The average molecular weight is 134 g/mol. The third-order valence-corrected chi connectivity index (χ3v) is 1.16. The predicted octanol–water partition coefficient (Wildman–Crippen LogP) is 1.90. The number of hydrogen-bond acceptors (Lipinski definition) is 1. The predicted molar refractivity (Wildman–Crippen MR) is 36.1 cm³/mol. The number of hydrogen-bond donors (Lipinski definition) is 1. The van der Waals surface area contributed by atoms with Gasteiger partial charge in [0.1, 0.15) is 5.67 Å². The molecule has 0 saturated carbocycles. The Labute approximate surface area is 55.9 Å². The Balaban J connectivity index is 3.28. The van der Waals surface area contributed by atoms with Crippen LogP contribution in [0.4, 0.5) is 4.39 Å². The fourth-order valence-electron chi connectivity index (χ4n) is 0.552. The molecule has 0 aromatic heterocycles. The van der Waals surface area contributed by atoms with Crippen molar-refractivity contribution in [1.29, 1.82) is 0 Å². The third kappa shape index (κ3) is 7.89. The van der Waals surface area contributed by atoms with Crippen molar-refractivity contribution in [2.24, 2.45) is 0 Å². The highest BCUT2D eigenvalue weighted by Gasteiger charge is 2.15. The Hall–Kier alpha value is -0.110. The lowest BCUT2D eigenvalue weighted by atomic mass is 10.0. The van der Waals surface area contributed by atoms with E-state index in [0.29, 0.717) is 12.8 Å². The van der Waals surface area contributed by atoms with Gasteiger partial charge in [-0.2, -0.15) is 0 Å². The molecule has 0 saturated heterocycles. The normalized spacial score (nSPS) is 15.7. The van der Waals surface area contributed by atoms with Crippen molar-refractivity contribution >= 4 is 0 Å². The van der Waals surface area contributed by atoms with Crippen LogP contribution in [0.25, 0.3) is 0 Å². The van der Waals surface area contributed by atoms with Crippen LogP contribution in [0.3, 0.4) is 0 Å². The molecule has 0 bridgehead atoms. The molecule has 0 fully saturated rings. The topological polar surface area (TPSA) is 20.2 Å². The summed E-state index contributed by atoms with van der Waals surface area (Å²) in [6, 6.07) is 0. The number of alkyl halides is 1. The van der Waals surface area contributed by atoms with E-state index in [1.165, 1.54) is 13.8 Å². The average Bonchev–Trinajstić information content (AvgIpc) is 1.59. The Kier molecular flexibility index (Phi) is 3.12. The van der Waals surface area contributed by atoms with Crippen molar-refractivity contribution in [2.45, 2.75) is 45.4 Å². The molecule has 1 atom stereocenters. The highest BCUT2D eigenvalue weighted by atomic mass is 19.1. The van der Waals surface area contributed by atoms with Gasteiger partial charge in [0.25, 0.3) is 0 Å². The summed E-state index contributed by atoms with van der Waals surface area (Å²) in [4.78, 5) is 0. The van der Waals surface area contributed by atoms with Gasteiger partial charge in [0.2, 0.25) is 0 Å². The Morgan fingerprint density at radius 3 is 2.11 bits per heavy atom. The van der Waals surface area contributed by atoms with Gasteiger partial charge in [-0.25, -0.2) is 4.39 Å². The van der Waals surface area contributed by atoms with Crippen LogP contribution in [-0.2, 0) is 0 Å². The molecule has 0 aliphatic heterocycles. The van der Waals surface area contributed by atoms with Gasteiger partial charge in [-0.15, -0.1) is 0 Å². The zero-order chi connectivity index (χ0) is 7.49. The minimum atomic E-state index is -1.13. The van der Waals surface area contributed by atoms with Crippen molar-refractivity contribution in [2.75, 3.05) is 0 Å². The van der Waals surface area contributed by atoms with Gasteiger partial charge in [-0.05, 0) is 33.6 Å². The van der Waals surface area contributed by atoms with E-state index >= 15 is 0 Å². The molecule has 2 heteroatoms. The fraction of sp³-hybridized carbons (Fsp3) is 1.00. The molecule has 9 heavy (non-hydrogen) atoms. The molecule has 0 amide bonds. The van der Waals surface area contributed by atoms with Crippen molar-refractivity contribution in [1.82, 2.24) is 0 Å². The number of halogens is 1. The summed E-state index contributed by atoms with van der Waals surface area (Å²) in [5.74, 6) is 0. The summed E-state index contributed by atoms with van der Waals surface area (Å²) in [5, 5.41) is 8.75. The number of aliphatic hydroxyl groups excluding tert-OH is 1. The lowest BCUT2D eigenvalue weighted by Crippen LogP contribution is -2.14. The quantitative estimate of drug-likeness (QED) is 0.625. The van der Waals surface area contributed by atoms with Crippen LogP contribution in [0.15, 0.2) is 0 Å². The maximum atomic E-state index is 12.6. The van der Waals surface area contributed by atoms with E-state index in [2.05, 4.69) is 0 Å². The molecule has 56 valence electrons. The van der Waals surface area contributed by atoms with E-state index in [1.807, 2.05) is 0 Å². The fourth-order valence-corrected chi connectivity index (χ4v) is 0.552. The summed E-state index contributed by atoms with van der Waals surface area (Å²) < 4.78 is 12.6. The molecule has 1 nitrogen and oxygen atoms in total. The summed E-state index contributed by atoms with van der Waals surface area (Å²) >= 11 is 0. The Morgan fingerprint density at radius 2 is 2.00 bits per heavy atom. The van der Waals surface area contributed by atoms with Gasteiger partial charge < -0.3 is 5.11 Å². The molecule has 0 aromatic carbocycles. The van der Waals surface area contributed by atoms with Gasteiger partial charge in [-0.3, -0.25) is 0 Å². The van der Waals surface area contributed by atoms with E-state index in [4.69, 9.17) is 5.11 Å².